The Morgan fingerprint density at radius 1 is 1.43 bits per heavy atom. The van der Waals surface area contributed by atoms with Gasteiger partial charge in [-0.05, 0) is 62.7 Å². The van der Waals surface area contributed by atoms with E-state index in [4.69, 9.17) is 0 Å². The predicted octanol–water partition coefficient (Wildman–Crippen LogP) is 3.34. The molecule has 0 saturated carbocycles. The summed E-state index contributed by atoms with van der Waals surface area (Å²) in [6, 6.07) is 4.68. The number of rotatable bonds is 5. The van der Waals surface area contributed by atoms with E-state index in [0.717, 1.165) is 22.5 Å². The maximum atomic E-state index is 14.2. The van der Waals surface area contributed by atoms with E-state index in [9.17, 15) is 14.4 Å². The fourth-order valence-corrected chi connectivity index (χ4v) is 3.90. The number of halogens is 1. The van der Waals surface area contributed by atoms with Gasteiger partial charge < -0.3 is 0 Å². The molecule has 146 valence electrons. The Balaban J connectivity index is 2.15. The van der Waals surface area contributed by atoms with E-state index < -0.39 is 11.3 Å². The van der Waals surface area contributed by atoms with Crippen LogP contribution in [0.3, 0.4) is 0 Å². The molecular formula is C21H23FN4O2. The fourth-order valence-electron chi connectivity index (χ4n) is 3.90. The number of nitrogens with one attached hydrogen (secondary N) is 1. The molecule has 7 heteroatoms. The van der Waals surface area contributed by atoms with Gasteiger partial charge in [-0.1, -0.05) is 17.7 Å². The molecule has 6 nitrogen and oxygen atoms in total. The van der Waals surface area contributed by atoms with Crippen LogP contribution in [0.5, 0.6) is 0 Å². The largest absolute Gasteiger partial charge is 0.289 e. The highest BCUT2D eigenvalue weighted by Crippen LogP contribution is 2.42. The van der Waals surface area contributed by atoms with Gasteiger partial charge in [0, 0.05) is 18.3 Å². The number of carbonyl (C=O) groups excluding carboxylic acids is 1. The minimum absolute atomic E-state index is 0.283. The first-order valence-electron chi connectivity index (χ1n) is 8.92. The van der Waals surface area contributed by atoms with Crippen molar-refractivity contribution >= 4 is 18.3 Å². The molecule has 0 fully saturated rings. The van der Waals surface area contributed by atoms with Gasteiger partial charge in [-0.3, -0.25) is 15.0 Å². The quantitative estimate of drug-likeness (QED) is 0.360. The van der Waals surface area contributed by atoms with E-state index in [0.29, 0.717) is 17.5 Å². The number of allylic oxidation sites excluding steroid dienone is 3. The lowest BCUT2D eigenvalue weighted by molar-refractivity contribution is -0.135. The Kier molecular flexibility index (Phi) is 5.29. The molecule has 0 aliphatic heterocycles. The summed E-state index contributed by atoms with van der Waals surface area (Å²) >= 11 is 0. The summed E-state index contributed by atoms with van der Waals surface area (Å²) in [7, 11) is 0. The molecular weight excluding hydrogens is 359 g/mol. The van der Waals surface area contributed by atoms with E-state index in [1.807, 2.05) is 13.8 Å². The Morgan fingerprint density at radius 3 is 2.82 bits per heavy atom. The van der Waals surface area contributed by atoms with Crippen molar-refractivity contribution in [3.63, 3.8) is 0 Å². The van der Waals surface area contributed by atoms with Crippen LogP contribution < -0.4 is 5.48 Å². The standard InChI is InChI=1S/C21H23FN4O2/c1-13(2)18(8-9-23-4)26-19-11-21(20(27)25-28,10-15(19)12-24-26)16-6-5-7-17(22)14(16)3/h5-9,12,28H,4,10-11H2,1-3H3,(H,25,27)/b9-8-/t21-/m0/s1. The van der Waals surface area contributed by atoms with Crippen molar-refractivity contribution in [3.05, 3.63) is 70.4 Å². The number of nitrogens with zero attached hydrogens (tertiary/aromatic N) is 3. The van der Waals surface area contributed by atoms with Crippen molar-refractivity contribution in [3.8, 4) is 0 Å². The zero-order valence-electron chi connectivity index (χ0n) is 16.2. The number of benzene rings is 1. The summed E-state index contributed by atoms with van der Waals surface area (Å²) in [5, 5.41) is 13.9. The van der Waals surface area contributed by atoms with E-state index >= 15 is 0 Å². The minimum Gasteiger partial charge on any atom is -0.289 e. The Hall–Kier alpha value is -3.06. The molecule has 28 heavy (non-hydrogen) atoms. The van der Waals surface area contributed by atoms with Gasteiger partial charge in [-0.15, -0.1) is 0 Å². The number of hydroxylamine groups is 1. The fraction of sp³-hybridized carbons (Fsp3) is 0.286. The summed E-state index contributed by atoms with van der Waals surface area (Å²) in [6.45, 7) is 9.01. The molecule has 1 atom stereocenters. The van der Waals surface area contributed by atoms with Crippen molar-refractivity contribution in [1.29, 1.82) is 0 Å². The summed E-state index contributed by atoms with van der Waals surface area (Å²) in [6.07, 6.45) is 5.70. The van der Waals surface area contributed by atoms with Crippen molar-refractivity contribution in [2.24, 2.45) is 4.99 Å². The third-order valence-corrected chi connectivity index (χ3v) is 5.31. The van der Waals surface area contributed by atoms with E-state index in [1.165, 1.54) is 6.07 Å². The Morgan fingerprint density at radius 2 is 2.18 bits per heavy atom. The average molecular weight is 382 g/mol. The first-order chi connectivity index (χ1) is 13.4. The van der Waals surface area contributed by atoms with Gasteiger partial charge in [0.15, 0.2) is 0 Å². The molecule has 0 spiro atoms. The second-order valence-electron chi connectivity index (χ2n) is 7.20. The topological polar surface area (TPSA) is 79.5 Å². The second kappa shape index (κ2) is 7.52. The molecule has 2 N–H and O–H groups in total. The van der Waals surface area contributed by atoms with Gasteiger partial charge >= 0.3 is 0 Å². The van der Waals surface area contributed by atoms with E-state index in [2.05, 4.69) is 16.8 Å². The maximum absolute atomic E-state index is 14.2. The number of carbonyl (C=O) groups is 1. The normalized spacial score (nSPS) is 18.2. The molecule has 0 bridgehead atoms. The molecule has 2 aromatic rings. The molecule has 1 aliphatic carbocycles. The highest BCUT2D eigenvalue weighted by atomic mass is 19.1. The molecule has 0 saturated heterocycles. The first kappa shape index (κ1) is 19.7. The highest BCUT2D eigenvalue weighted by molar-refractivity contribution is 5.89. The van der Waals surface area contributed by atoms with Crippen LogP contribution in [0.25, 0.3) is 5.70 Å². The monoisotopic (exact) mass is 382 g/mol. The third kappa shape index (κ3) is 3.07. The number of hydrogen-bond acceptors (Lipinski definition) is 4. The van der Waals surface area contributed by atoms with Crippen LogP contribution in [0.4, 0.5) is 4.39 Å². The SMILES string of the molecule is C=N/C=C\C(=C(C)C)n1ncc2c1C[C@](C(=O)NO)(c1cccc(F)c1C)C2. The van der Waals surface area contributed by atoms with Crippen molar-refractivity contribution < 1.29 is 14.4 Å². The molecule has 1 aliphatic rings. The van der Waals surface area contributed by atoms with Gasteiger partial charge in [0.05, 0.1) is 17.3 Å². The van der Waals surface area contributed by atoms with Crippen LogP contribution in [0, 0.1) is 12.7 Å². The van der Waals surface area contributed by atoms with Gasteiger partial charge in [0.2, 0.25) is 0 Å². The summed E-state index contributed by atoms with van der Waals surface area (Å²) < 4.78 is 16.0. The van der Waals surface area contributed by atoms with Gasteiger partial charge in [0.25, 0.3) is 5.91 Å². The second-order valence-corrected chi connectivity index (χ2v) is 7.20. The smallest absolute Gasteiger partial charge is 0.254 e. The zero-order valence-corrected chi connectivity index (χ0v) is 16.2. The van der Waals surface area contributed by atoms with Gasteiger partial charge in [0.1, 0.15) is 5.82 Å². The molecule has 0 unspecified atom stereocenters. The first-order valence-corrected chi connectivity index (χ1v) is 8.92. The number of fused-ring (bicyclic) bond motifs is 1. The summed E-state index contributed by atoms with van der Waals surface area (Å²) in [5.74, 6) is -0.948. The van der Waals surface area contributed by atoms with Crippen LogP contribution in [0.1, 0.15) is 36.2 Å². The van der Waals surface area contributed by atoms with Crippen molar-refractivity contribution in [2.75, 3.05) is 0 Å². The minimum atomic E-state index is -1.11. The van der Waals surface area contributed by atoms with E-state index in [-0.39, 0.29) is 12.2 Å². The summed E-state index contributed by atoms with van der Waals surface area (Å²) in [5.41, 5.74) is 5.19. The maximum Gasteiger partial charge on any atom is 0.254 e. The summed E-state index contributed by atoms with van der Waals surface area (Å²) in [4.78, 5) is 16.5. The number of amides is 1. The molecule has 1 aromatic carbocycles. The van der Waals surface area contributed by atoms with Crippen LogP contribution in [0.2, 0.25) is 0 Å². The number of aliphatic imine (C=N–C) groups is 1. The molecule has 1 aromatic heterocycles. The highest BCUT2D eigenvalue weighted by Gasteiger charge is 2.48. The van der Waals surface area contributed by atoms with Gasteiger partial charge in [-0.2, -0.15) is 5.10 Å². The third-order valence-electron chi connectivity index (χ3n) is 5.31. The van der Waals surface area contributed by atoms with Crippen LogP contribution in [-0.2, 0) is 23.1 Å². The predicted molar refractivity (Wildman–Crippen MR) is 106 cm³/mol. The number of aromatic nitrogens is 2. The Labute approximate surface area is 163 Å². The van der Waals surface area contributed by atoms with Crippen LogP contribution in [0.15, 0.2) is 47.2 Å². The lowest BCUT2D eigenvalue weighted by Crippen LogP contribution is -2.45. The van der Waals surface area contributed by atoms with Crippen molar-refractivity contribution in [2.45, 2.75) is 39.0 Å². The average Bonchev–Trinajstić information content (AvgIpc) is 3.22. The zero-order chi connectivity index (χ0) is 20.5. The van der Waals surface area contributed by atoms with E-state index in [1.54, 1.807) is 47.7 Å². The molecule has 1 amide bonds. The van der Waals surface area contributed by atoms with Crippen LogP contribution >= 0.6 is 0 Å². The molecule has 1 heterocycles. The molecule has 3 rings (SSSR count). The van der Waals surface area contributed by atoms with Crippen LogP contribution in [-0.4, -0.2) is 27.6 Å². The number of hydrogen-bond donors (Lipinski definition) is 2. The van der Waals surface area contributed by atoms with Gasteiger partial charge in [-0.25, -0.2) is 14.6 Å². The molecule has 0 radical (unpaired) electrons. The van der Waals surface area contributed by atoms with Crippen molar-refractivity contribution in [1.82, 2.24) is 15.3 Å². The lowest BCUT2D eigenvalue weighted by Gasteiger charge is -2.29. The lowest BCUT2D eigenvalue weighted by atomic mass is 9.75. The Bertz CT molecular complexity index is 1000.